The van der Waals surface area contributed by atoms with E-state index in [2.05, 4.69) is 26.0 Å². The molecule has 0 saturated carbocycles. The van der Waals surface area contributed by atoms with E-state index in [4.69, 9.17) is 9.11 Å². The summed E-state index contributed by atoms with van der Waals surface area (Å²) in [5.74, 6) is 0.310. The molecule has 0 aromatic rings. The van der Waals surface area contributed by atoms with Crippen molar-refractivity contribution in [2.24, 2.45) is 11.8 Å². The van der Waals surface area contributed by atoms with Gasteiger partial charge in [0.1, 0.15) is 0 Å². The van der Waals surface area contributed by atoms with Gasteiger partial charge < -0.3 is 9.80 Å². The monoisotopic (exact) mass is 807 g/mol. The molecule has 320 valence electrons. The van der Waals surface area contributed by atoms with Crippen molar-refractivity contribution in [3.63, 3.8) is 0 Å². The second-order valence-electron chi connectivity index (χ2n) is 15.8. The molecule has 0 aromatic carbocycles. The molecule has 0 aliphatic heterocycles. The number of hydrogen-bond donors (Lipinski definition) is 2. The molecule has 2 N–H and O–H groups in total. The third kappa shape index (κ3) is 33.8. The van der Waals surface area contributed by atoms with Gasteiger partial charge in [-0.15, -0.1) is 0 Å². The predicted molar refractivity (Wildman–Crippen MR) is 225 cm³/mol. The Morgan fingerprint density at radius 3 is 1.28 bits per heavy atom. The maximum absolute atomic E-state index is 12.3. The summed E-state index contributed by atoms with van der Waals surface area (Å²) in [4.78, 5) is 27.3. The zero-order chi connectivity index (χ0) is 40.5. The Balaban J connectivity index is 4.97. The molecule has 2 unspecified atom stereocenters. The van der Waals surface area contributed by atoms with E-state index in [1.807, 2.05) is 0 Å². The second kappa shape index (κ2) is 33.6. The Bertz CT molecular complexity index is 1180. The van der Waals surface area contributed by atoms with Crippen LogP contribution in [0.25, 0.3) is 0 Å². The average molecular weight is 807 g/mol. The molecule has 10 nitrogen and oxygen atoms in total. The fourth-order valence-corrected chi connectivity index (χ4v) is 8.11. The summed E-state index contributed by atoms with van der Waals surface area (Å²) in [7, 11) is -4.97. The van der Waals surface area contributed by atoms with Gasteiger partial charge in [-0.3, -0.25) is 18.7 Å². The van der Waals surface area contributed by atoms with E-state index in [0.717, 1.165) is 51.4 Å². The van der Waals surface area contributed by atoms with Gasteiger partial charge in [0, 0.05) is 40.0 Å². The van der Waals surface area contributed by atoms with Gasteiger partial charge in [-0.25, -0.2) is 0 Å². The number of hydrogen-bond acceptors (Lipinski definition) is 6. The number of allylic oxidation sites excluding steroid dienone is 2. The zero-order valence-electron chi connectivity index (χ0n) is 35.0. The van der Waals surface area contributed by atoms with Gasteiger partial charge in [-0.05, 0) is 56.8 Å². The Labute approximate surface area is 332 Å². The fourth-order valence-electron chi connectivity index (χ4n) is 7.10. The van der Waals surface area contributed by atoms with Crippen LogP contribution in [0.15, 0.2) is 12.2 Å². The van der Waals surface area contributed by atoms with Crippen LogP contribution < -0.4 is 0 Å². The second-order valence-corrected chi connectivity index (χ2v) is 18.9. The number of rotatable bonds is 38. The van der Waals surface area contributed by atoms with Crippen LogP contribution in [0.5, 0.6) is 0 Å². The van der Waals surface area contributed by atoms with Crippen molar-refractivity contribution in [3.8, 4) is 0 Å². The molecular formula is C42H82N2O8S2. The summed E-state index contributed by atoms with van der Waals surface area (Å²) in [6.45, 7) is 4.56. The van der Waals surface area contributed by atoms with E-state index < -0.39 is 31.7 Å². The first-order chi connectivity index (χ1) is 25.7. The molecular weight excluding hydrogens is 725 g/mol. The summed E-state index contributed by atoms with van der Waals surface area (Å²) >= 11 is 0. The van der Waals surface area contributed by atoms with Crippen molar-refractivity contribution < 1.29 is 35.5 Å². The Morgan fingerprint density at radius 1 is 0.519 bits per heavy atom. The van der Waals surface area contributed by atoms with Crippen LogP contribution in [0.1, 0.15) is 194 Å². The van der Waals surface area contributed by atoms with Crippen molar-refractivity contribution in [3.05, 3.63) is 12.2 Å². The van der Waals surface area contributed by atoms with Gasteiger partial charge in [-0.2, -0.15) is 16.8 Å². The van der Waals surface area contributed by atoms with Crippen molar-refractivity contribution in [2.45, 2.75) is 194 Å². The van der Waals surface area contributed by atoms with E-state index in [1.54, 1.807) is 14.1 Å². The molecule has 0 rings (SSSR count). The molecule has 0 fully saturated rings. The minimum atomic E-state index is -4.07. The number of carbonyl (C=O) groups is 2. The molecule has 0 saturated heterocycles. The van der Waals surface area contributed by atoms with Gasteiger partial charge in [0.05, 0.1) is 11.5 Å². The highest BCUT2D eigenvalue weighted by molar-refractivity contribution is 7.86. The van der Waals surface area contributed by atoms with Gasteiger partial charge in [0.15, 0.2) is 0 Å². The molecule has 0 radical (unpaired) electrons. The maximum Gasteiger partial charge on any atom is 0.266 e. The van der Waals surface area contributed by atoms with Crippen LogP contribution in [-0.2, 0) is 29.8 Å². The van der Waals surface area contributed by atoms with Crippen LogP contribution in [0.4, 0.5) is 0 Å². The smallest absolute Gasteiger partial charge is 0.266 e. The summed E-state index contributed by atoms with van der Waals surface area (Å²) < 4.78 is 61.7. The third-order valence-corrected chi connectivity index (χ3v) is 12.2. The summed E-state index contributed by atoms with van der Waals surface area (Å²) in [5.41, 5.74) is 0. The van der Waals surface area contributed by atoms with E-state index in [-0.39, 0.29) is 24.9 Å². The molecule has 2 atom stereocenters. The standard InChI is InChI=1S/C42H82N2O8S2/c1-5-7-9-11-17-23-29-39(31-25-19-13-15-21-27-33-41(45)43(3)35-37-53(47,48)49)40(30-24-18-12-10-8-6-2)32-26-20-14-16-22-28-34-42(46)44(4)36-38-54(50,51)52/h25,31,39-40H,5-24,26-30,32-38H2,1-4H3,(H,47,48,49)(H,50,51,52). The highest BCUT2D eigenvalue weighted by Gasteiger charge is 2.19. The number of nitrogens with zero attached hydrogens (tertiary/aromatic N) is 2. The lowest BCUT2D eigenvalue weighted by molar-refractivity contribution is -0.130. The van der Waals surface area contributed by atoms with E-state index in [1.165, 1.54) is 125 Å². The van der Waals surface area contributed by atoms with Crippen LogP contribution in [0.2, 0.25) is 0 Å². The minimum Gasteiger partial charge on any atom is -0.345 e. The topological polar surface area (TPSA) is 149 Å². The molecule has 0 aliphatic carbocycles. The normalized spacial score (nSPS) is 13.4. The summed E-state index contributed by atoms with van der Waals surface area (Å²) in [5, 5.41) is 0. The molecule has 12 heteroatoms. The predicted octanol–water partition coefficient (Wildman–Crippen LogP) is 10.4. The zero-order valence-corrected chi connectivity index (χ0v) is 36.6. The quantitative estimate of drug-likeness (QED) is 0.0356. The third-order valence-electron chi connectivity index (χ3n) is 10.8. The summed E-state index contributed by atoms with van der Waals surface area (Å²) in [6, 6.07) is 0. The lowest BCUT2D eigenvalue weighted by Crippen LogP contribution is -2.31. The van der Waals surface area contributed by atoms with Gasteiger partial charge in [0.25, 0.3) is 20.2 Å². The number of carbonyl (C=O) groups excluding carboxylic acids is 2. The molecule has 0 bridgehead atoms. The van der Waals surface area contributed by atoms with Gasteiger partial charge in [0.2, 0.25) is 11.8 Å². The lowest BCUT2D eigenvalue weighted by atomic mass is 9.80. The lowest BCUT2D eigenvalue weighted by Gasteiger charge is -2.26. The van der Waals surface area contributed by atoms with Crippen LogP contribution in [0, 0.1) is 11.8 Å². The van der Waals surface area contributed by atoms with Crippen molar-refractivity contribution in [1.29, 1.82) is 0 Å². The van der Waals surface area contributed by atoms with Crippen LogP contribution >= 0.6 is 0 Å². The van der Waals surface area contributed by atoms with Crippen molar-refractivity contribution in [2.75, 3.05) is 38.7 Å². The fraction of sp³-hybridized carbons (Fsp3) is 0.905. The number of amides is 2. The number of unbranched alkanes of at least 4 members (excludes halogenated alkanes) is 19. The first-order valence-electron chi connectivity index (χ1n) is 21.7. The largest absolute Gasteiger partial charge is 0.345 e. The SMILES string of the molecule is CCCCCCCCC(C=CCCCCCCC(=O)N(C)CCS(=O)(=O)O)C(CCCCCCCC)CCCCCCCCC(=O)N(C)CCS(=O)(=O)O. The molecule has 54 heavy (non-hydrogen) atoms. The molecule has 0 heterocycles. The molecule has 0 aromatic heterocycles. The minimum absolute atomic E-state index is 0.0109. The Hall–Kier alpha value is -1.50. The van der Waals surface area contributed by atoms with Crippen molar-refractivity contribution >= 4 is 32.1 Å². The van der Waals surface area contributed by atoms with Crippen LogP contribution in [-0.4, -0.2) is 86.2 Å². The molecule has 2 amide bonds. The highest BCUT2D eigenvalue weighted by atomic mass is 32.2. The molecule has 0 spiro atoms. The van der Waals surface area contributed by atoms with Gasteiger partial charge in [-0.1, -0.05) is 148 Å². The molecule has 0 aliphatic rings. The first-order valence-corrected chi connectivity index (χ1v) is 25.0. The first kappa shape index (κ1) is 52.5. The van der Waals surface area contributed by atoms with E-state index >= 15 is 0 Å². The maximum atomic E-state index is 12.3. The Kier molecular flexibility index (Phi) is 32.7. The van der Waals surface area contributed by atoms with E-state index in [9.17, 15) is 26.4 Å². The highest BCUT2D eigenvalue weighted by Crippen LogP contribution is 2.31. The van der Waals surface area contributed by atoms with Crippen LogP contribution in [0.3, 0.4) is 0 Å². The average Bonchev–Trinajstić information content (AvgIpc) is 3.11. The van der Waals surface area contributed by atoms with Crippen molar-refractivity contribution in [1.82, 2.24) is 9.80 Å². The Morgan fingerprint density at radius 2 is 0.870 bits per heavy atom. The van der Waals surface area contributed by atoms with E-state index in [0.29, 0.717) is 24.7 Å². The summed E-state index contributed by atoms with van der Waals surface area (Å²) in [6.07, 6.45) is 36.9. The van der Waals surface area contributed by atoms with Gasteiger partial charge >= 0.3 is 0 Å².